The first-order valence-electron chi connectivity index (χ1n) is 6.22. The fraction of sp³-hybridized carbons (Fsp3) is 0.571. The summed E-state index contributed by atoms with van der Waals surface area (Å²) in [5.74, 6) is 0.316. The summed E-state index contributed by atoms with van der Waals surface area (Å²) in [6.45, 7) is 0.924. The number of hydrogen-bond acceptors (Lipinski definition) is 4. The standard InChI is InChI=1S/C14H20FNO3/c1-16(2)13(14(7-17)8-19-9-14)11-6-10(15)4-5-12(11)18-3/h4-6,13,17H,7-9H2,1-3H3. The zero-order valence-electron chi connectivity index (χ0n) is 11.5. The average Bonchev–Trinajstić information content (AvgIpc) is 2.33. The van der Waals surface area contributed by atoms with E-state index in [-0.39, 0.29) is 18.5 Å². The second-order valence-electron chi connectivity index (χ2n) is 5.27. The maximum absolute atomic E-state index is 13.6. The highest BCUT2D eigenvalue weighted by Crippen LogP contribution is 2.45. The molecule has 1 saturated heterocycles. The van der Waals surface area contributed by atoms with Crippen LogP contribution in [0.4, 0.5) is 4.39 Å². The molecule has 1 atom stereocenters. The molecule has 1 fully saturated rings. The van der Waals surface area contributed by atoms with Crippen LogP contribution >= 0.6 is 0 Å². The van der Waals surface area contributed by atoms with Gasteiger partial charge in [-0.15, -0.1) is 0 Å². The third-order valence-corrected chi connectivity index (χ3v) is 3.68. The van der Waals surface area contributed by atoms with Gasteiger partial charge in [0.15, 0.2) is 0 Å². The van der Waals surface area contributed by atoms with Crippen LogP contribution in [-0.2, 0) is 4.74 Å². The first kappa shape index (κ1) is 14.2. The Bertz CT molecular complexity index is 441. The predicted octanol–water partition coefficient (Wildman–Crippen LogP) is 1.45. The van der Waals surface area contributed by atoms with Crippen LogP contribution in [0.25, 0.3) is 0 Å². The summed E-state index contributed by atoms with van der Waals surface area (Å²) in [5, 5.41) is 9.71. The maximum atomic E-state index is 13.6. The molecule has 0 radical (unpaired) electrons. The van der Waals surface area contributed by atoms with Crippen molar-refractivity contribution in [3.8, 4) is 5.75 Å². The lowest BCUT2D eigenvalue weighted by atomic mass is 9.75. The van der Waals surface area contributed by atoms with Crippen molar-refractivity contribution in [3.63, 3.8) is 0 Å². The second kappa shape index (κ2) is 5.45. The number of methoxy groups -OCH3 is 1. The van der Waals surface area contributed by atoms with Gasteiger partial charge in [-0.25, -0.2) is 4.39 Å². The Morgan fingerprint density at radius 2 is 2.16 bits per heavy atom. The third-order valence-electron chi connectivity index (χ3n) is 3.68. The van der Waals surface area contributed by atoms with Gasteiger partial charge in [-0.2, -0.15) is 0 Å². The Morgan fingerprint density at radius 3 is 2.58 bits per heavy atom. The van der Waals surface area contributed by atoms with E-state index >= 15 is 0 Å². The number of benzene rings is 1. The van der Waals surface area contributed by atoms with Crippen LogP contribution in [-0.4, -0.2) is 51.0 Å². The summed E-state index contributed by atoms with van der Waals surface area (Å²) >= 11 is 0. The Kier molecular flexibility index (Phi) is 4.08. The van der Waals surface area contributed by atoms with Gasteiger partial charge in [-0.05, 0) is 32.3 Å². The van der Waals surface area contributed by atoms with Crippen LogP contribution in [0.1, 0.15) is 11.6 Å². The van der Waals surface area contributed by atoms with E-state index in [1.165, 1.54) is 12.1 Å². The molecule has 1 aromatic rings. The molecule has 106 valence electrons. The molecule has 1 aliphatic heterocycles. The van der Waals surface area contributed by atoms with E-state index in [1.807, 2.05) is 19.0 Å². The number of ether oxygens (including phenoxy) is 2. The van der Waals surface area contributed by atoms with Crippen LogP contribution in [0.2, 0.25) is 0 Å². The van der Waals surface area contributed by atoms with Gasteiger partial charge in [0.1, 0.15) is 11.6 Å². The Labute approximate surface area is 112 Å². The van der Waals surface area contributed by atoms with Crippen molar-refractivity contribution in [1.29, 1.82) is 0 Å². The quantitative estimate of drug-likeness (QED) is 0.878. The van der Waals surface area contributed by atoms with Gasteiger partial charge in [0.05, 0.1) is 38.4 Å². The lowest BCUT2D eigenvalue weighted by Crippen LogP contribution is -2.54. The minimum atomic E-state index is -0.398. The second-order valence-corrected chi connectivity index (χ2v) is 5.27. The summed E-state index contributed by atoms with van der Waals surface area (Å²) < 4.78 is 24.1. The van der Waals surface area contributed by atoms with Gasteiger partial charge in [0, 0.05) is 5.56 Å². The van der Waals surface area contributed by atoms with E-state index in [1.54, 1.807) is 13.2 Å². The molecule has 0 aliphatic carbocycles. The highest BCUT2D eigenvalue weighted by molar-refractivity contribution is 5.38. The highest BCUT2D eigenvalue weighted by Gasteiger charge is 2.48. The number of nitrogens with zero attached hydrogens (tertiary/aromatic N) is 1. The summed E-state index contributed by atoms with van der Waals surface area (Å²) in [6.07, 6.45) is 0. The minimum absolute atomic E-state index is 0.00445. The number of aliphatic hydroxyl groups excluding tert-OH is 1. The van der Waals surface area contributed by atoms with Crippen molar-refractivity contribution in [1.82, 2.24) is 4.90 Å². The van der Waals surface area contributed by atoms with Crippen molar-refractivity contribution in [2.24, 2.45) is 5.41 Å². The third kappa shape index (κ3) is 2.45. The first-order valence-corrected chi connectivity index (χ1v) is 6.22. The van der Waals surface area contributed by atoms with Gasteiger partial charge in [0.25, 0.3) is 0 Å². The normalized spacial score (nSPS) is 19.1. The molecule has 1 aromatic carbocycles. The number of rotatable bonds is 5. The van der Waals surface area contributed by atoms with Crippen LogP contribution in [0.3, 0.4) is 0 Å². The van der Waals surface area contributed by atoms with Gasteiger partial charge >= 0.3 is 0 Å². The fourth-order valence-corrected chi connectivity index (χ4v) is 2.77. The van der Waals surface area contributed by atoms with E-state index in [9.17, 15) is 9.50 Å². The van der Waals surface area contributed by atoms with E-state index in [2.05, 4.69) is 0 Å². The lowest BCUT2D eigenvalue weighted by Gasteiger charge is -2.48. The van der Waals surface area contributed by atoms with Crippen LogP contribution in [0.5, 0.6) is 5.75 Å². The van der Waals surface area contributed by atoms with Crippen LogP contribution in [0, 0.1) is 11.2 Å². The molecule has 4 nitrogen and oxygen atoms in total. The molecule has 0 saturated carbocycles. The largest absolute Gasteiger partial charge is 0.496 e. The molecular weight excluding hydrogens is 249 g/mol. The molecule has 5 heteroatoms. The van der Waals surface area contributed by atoms with E-state index in [0.29, 0.717) is 19.0 Å². The van der Waals surface area contributed by atoms with E-state index in [0.717, 1.165) is 5.56 Å². The zero-order chi connectivity index (χ0) is 14.0. The summed E-state index contributed by atoms with van der Waals surface area (Å²) in [7, 11) is 5.38. The van der Waals surface area contributed by atoms with Crippen molar-refractivity contribution in [2.45, 2.75) is 6.04 Å². The minimum Gasteiger partial charge on any atom is -0.496 e. The topological polar surface area (TPSA) is 41.9 Å². The predicted molar refractivity (Wildman–Crippen MR) is 69.7 cm³/mol. The Hall–Kier alpha value is -1.17. The van der Waals surface area contributed by atoms with Gasteiger partial charge < -0.3 is 19.5 Å². The number of hydrogen-bond donors (Lipinski definition) is 1. The van der Waals surface area contributed by atoms with E-state index in [4.69, 9.17) is 9.47 Å². The molecule has 19 heavy (non-hydrogen) atoms. The number of aliphatic hydroxyl groups is 1. The van der Waals surface area contributed by atoms with Crippen molar-refractivity contribution in [2.75, 3.05) is 41.0 Å². The molecule has 0 bridgehead atoms. The first-order chi connectivity index (χ1) is 9.04. The molecule has 1 N–H and O–H groups in total. The molecular formula is C14H20FNO3. The summed E-state index contributed by atoms with van der Waals surface area (Å²) in [5.41, 5.74) is 0.342. The van der Waals surface area contributed by atoms with Gasteiger partial charge in [-0.3, -0.25) is 0 Å². The molecule has 0 spiro atoms. The van der Waals surface area contributed by atoms with Gasteiger partial charge in [-0.1, -0.05) is 0 Å². The van der Waals surface area contributed by atoms with Crippen LogP contribution < -0.4 is 4.74 Å². The fourth-order valence-electron chi connectivity index (χ4n) is 2.77. The molecule has 1 aliphatic rings. The van der Waals surface area contributed by atoms with Crippen LogP contribution in [0.15, 0.2) is 18.2 Å². The smallest absolute Gasteiger partial charge is 0.123 e. The number of halogens is 1. The summed E-state index contributed by atoms with van der Waals surface area (Å²) in [6, 6.07) is 4.31. The SMILES string of the molecule is COc1ccc(F)cc1C(N(C)C)C1(CO)COC1. The summed E-state index contributed by atoms with van der Waals surface area (Å²) in [4.78, 5) is 1.97. The molecule has 1 heterocycles. The molecule has 2 rings (SSSR count). The monoisotopic (exact) mass is 269 g/mol. The average molecular weight is 269 g/mol. The Morgan fingerprint density at radius 1 is 1.47 bits per heavy atom. The maximum Gasteiger partial charge on any atom is 0.123 e. The lowest BCUT2D eigenvalue weighted by molar-refractivity contribution is -0.172. The van der Waals surface area contributed by atoms with Crippen molar-refractivity contribution >= 4 is 0 Å². The highest BCUT2D eigenvalue weighted by atomic mass is 19.1. The van der Waals surface area contributed by atoms with Crippen molar-refractivity contribution in [3.05, 3.63) is 29.6 Å². The van der Waals surface area contributed by atoms with E-state index < -0.39 is 5.41 Å². The van der Waals surface area contributed by atoms with Crippen molar-refractivity contribution < 1.29 is 19.0 Å². The Balaban J connectivity index is 2.47. The molecule has 1 unspecified atom stereocenters. The molecule has 0 amide bonds. The zero-order valence-corrected chi connectivity index (χ0v) is 11.5. The molecule has 0 aromatic heterocycles. The van der Waals surface area contributed by atoms with Gasteiger partial charge in [0.2, 0.25) is 0 Å².